The Labute approximate surface area is 108 Å². The molecule has 0 atom stereocenters. The Morgan fingerprint density at radius 1 is 1.17 bits per heavy atom. The molecular weight excluding hydrogens is 226 g/mol. The molecule has 18 heavy (non-hydrogen) atoms. The maximum atomic E-state index is 11.9. The number of hydrogen-bond donors (Lipinski definition) is 1. The van der Waals surface area contributed by atoms with Gasteiger partial charge in [0.05, 0.1) is 6.54 Å². The highest BCUT2D eigenvalue weighted by Gasteiger charge is 2.20. The summed E-state index contributed by atoms with van der Waals surface area (Å²) in [5, 5.41) is 3.30. The minimum Gasteiger partial charge on any atom is -0.307 e. The molecule has 1 aliphatic rings. The van der Waals surface area contributed by atoms with Gasteiger partial charge < -0.3 is 10.1 Å². The summed E-state index contributed by atoms with van der Waals surface area (Å²) in [5.41, 5.74) is 0.756. The smallest absolute Gasteiger partial charge is 0.176 e. The summed E-state index contributed by atoms with van der Waals surface area (Å²) in [5.74, 6) is 0.362. The molecule has 1 aliphatic carbocycles. The van der Waals surface area contributed by atoms with Crippen LogP contribution < -0.4 is 5.32 Å². The molecule has 3 nitrogen and oxygen atoms in total. The quantitative estimate of drug-likeness (QED) is 0.639. The summed E-state index contributed by atoms with van der Waals surface area (Å²) in [4.78, 5) is 22.5. The van der Waals surface area contributed by atoms with E-state index in [1.165, 1.54) is 0 Å². The van der Waals surface area contributed by atoms with Crippen LogP contribution in [0.5, 0.6) is 0 Å². The zero-order valence-corrected chi connectivity index (χ0v) is 10.5. The topological polar surface area (TPSA) is 46.2 Å². The molecule has 0 aliphatic heterocycles. The number of aldehydes is 1. The largest absolute Gasteiger partial charge is 0.307 e. The van der Waals surface area contributed by atoms with Crippen molar-refractivity contribution in [1.82, 2.24) is 5.32 Å². The van der Waals surface area contributed by atoms with Gasteiger partial charge in [-0.2, -0.15) is 0 Å². The average molecular weight is 245 g/mol. The molecule has 3 heteroatoms. The van der Waals surface area contributed by atoms with Gasteiger partial charge in [0, 0.05) is 17.5 Å². The molecule has 0 unspecified atom stereocenters. The first-order valence-electron chi connectivity index (χ1n) is 6.56. The maximum absolute atomic E-state index is 11.9. The lowest BCUT2D eigenvalue weighted by molar-refractivity contribution is -0.112. The van der Waals surface area contributed by atoms with E-state index in [9.17, 15) is 9.59 Å². The van der Waals surface area contributed by atoms with Crippen LogP contribution in [0.1, 0.15) is 36.0 Å². The van der Waals surface area contributed by atoms with Crippen molar-refractivity contribution < 1.29 is 9.59 Å². The fraction of sp³-hybridized carbons (Fsp3) is 0.467. The Hall–Kier alpha value is -1.48. The summed E-state index contributed by atoms with van der Waals surface area (Å²) in [7, 11) is 0. The van der Waals surface area contributed by atoms with Gasteiger partial charge in [-0.25, -0.2) is 0 Å². The highest BCUT2D eigenvalue weighted by atomic mass is 16.1. The molecule has 0 radical (unpaired) electrons. The van der Waals surface area contributed by atoms with Crippen molar-refractivity contribution in [3.63, 3.8) is 0 Å². The Kier molecular flexibility index (Phi) is 4.65. The molecule has 1 aromatic rings. The van der Waals surface area contributed by atoms with Crippen LogP contribution in [0, 0.1) is 5.92 Å². The maximum Gasteiger partial charge on any atom is 0.176 e. The summed E-state index contributed by atoms with van der Waals surface area (Å²) in [6, 6.07) is 9.73. The van der Waals surface area contributed by atoms with E-state index in [0.29, 0.717) is 12.6 Å². The number of carbonyl (C=O) groups is 2. The van der Waals surface area contributed by atoms with E-state index in [1.807, 2.05) is 30.3 Å². The van der Waals surface area contributed by atoms with Crippen LogP contribution in [0.4, 0.5) is 0 Å². The van der Waals surface area contributed by atoms with Crippen LogP contribution >= 0.6 is 0 Å². The molecule has 1 N–H and O–H groups in total. The molecule has 96 valence electrons. The van der Waals surface area contributed by atoms with E-state index in [-0.39, 0.29) is 11.7 Å². The lowest BCUT2D eigenvalue weighted by atomic mass is 9.87. The SMILES string of the molecule is O=CC1CCC(NCC(=O)c2ccccc2)CC1. The monoisotopic (exact) mass is 245 g/mol. The van der Waals surface area contributed by atoms with Crippen LogP contribution in [-0.4, -0.2) is 24.7 Å². The molecule has 0 amide bonds. The standard InChI is InChI=1S/C15H19NO2/c17-11-12-6-8-14(9-7-12)16-10-15(18)13-4-2-1-3-5-13/h1-5,11-12,14,16H,6-10H2. The highest BCUT2D eigenvalue weighted by Crippen LogP contribution is 2.22. The second kappa shape index (κ2) is 6.45. The molecule has 0 bridgehead atoms. The van der Waals surface area contributed by atoms with Crippen molar-refractivity contribution in [2.24, 2.45) is 5.92 Å². The van der Waals surface area contributed by atoms with Crippen LogP contribution in [-0.2, 0) is 4.79 Å². The second-order valence-electron chi connectivity index (χ2n) is 4.92. The Balaban J connectivity index is 1.76. The van der Waals surface area contributed by atoms with Crippen LogP contribution in [0.25, 0.3) is 0 Å². The van der Waals surface area contributed by atoms with Crippen molar-refractivity contribution >= 4 is 12.1 Å². The average Bonchev–Trinajstić information content (AvgIpc) is 2.46. The minimum absolute atomic E-state index is 0.133. The van der Waals surface area contributed by atoms with Gasteiger partial charge in [-0.1, -0.05) is 30.3 Å². The van der Waals surface area contributed by atoms with Gasteiger partial charge in [-0.05, 0) is 25.7 Å². The zero-order chi connectivity index (χ0) is 12.8. The molecular formula is C15H19NO2. The third-order valence-electron chi connectivity index (χ3n) is 3.61. The number of carbonyl (C=O) groups excluding carboxylic acids is 2. The van der Waals surface area contributed by atoms with Crippen molar-refractivity contribution in [2.45, 2.75) is 31.7 Å². The number of Topliss-reactive ketones (excluding diaryl/α,β-unsaturated/α-hetero) is 1. The Morgan fingerprint density at radius 3 is 2.44 bits per heavy atom. The van der Waals surface area contributed by atoms with E-state index in [2.05, 4.69) is 5.32 Å². The van der Waals surface area contributed by atoms with Gasteiger partial charge >= 0.3 is 0 Å². The molecule has 0 spiro atoms. The van der Waals surface area contributed by atoms with E-state index in [1.54, 1.807) is 0 Å². The van der Waals surface area contributed by atoms with Crippen molar-refractivity contribution in [3.05, 3.63) is 35.9 Å². The molecule has 0 heterocycles. The summed E-state index contributed by atoms with van der Waals surface area (Å²) in [6.07, 6.45) is 4.93. The number of ketones is 1. The predicted octanol–water partition coefficient (Wildman–Crippen LogP) is 2.22. The van der Waals surface area contributed by atoms with Gasteiger partial charge in [0.1, 0.15) is 6.29 Å². The van der Waals surface area contributed by atoms with Crippen molar-refractivity contribution in [2.75, 3.05) is 6.54 Å². The third kappa shape index (κ3) is 3.50. The van der Waals surface area contributed by atoms with E-state index < -0.39 is 0 Å². The van der Waals surface area contributed by atoms with E-state index in [4.69, 9.17) is 0 Å². The Bertz CT molecular complexity index is 394. The van der Waals surface area contributed by atoms with Gasteiger partial charge in [-0.15, -0.1) is 0 Å². The predicted molar refractivity (Wildman–Crippen MR) is 70.6 cm³/mol. The summed E-state index contributed by atoms with van der Waals surface area (Å²) >= 11 is 0. The molecule has 0 aromatic heterocycles. The fourth-order valence-corrected chi connectivity index (χ4v) is 2.42. The first kappa shape index (κ1) is 13.0. The van der Waals surface area contributed by atoms with Gasteiger partial charge in [0.2, 0.25) is 0 Å². The number of hydrogen-bond acceptors (Lipinski definition) is 3. The van der Waals surface area contributed by atoms with Gasteiger partial charge in [0.25, 0.3) is 0 Å². The first-order valence-corrected chi connectivity index (χ1v) is 6.56. The molecule has 2 rings (SSSR count). The molecule has 1 aromatic carbocycles. The molecule has 1 saturated carbocycles. The molecule has 1 fully saturated rings. The number of benzene rings is 1. The number of rotatable bonds is 5. The lowest BCUT2D eigenvalue weighted by Crippen LogP contribution is -2.36. The highest BCUT2D eigenvalue weighted by molar-refractivity contribution is 5.97. The van der Waals surface area contributed by atoms with Crippen LogP contribution in [0.2, 0.25) is 0 Å². The van der Waals surface area contributed by atoms with Crippen LogP contribution in [0.3, 0.4) is 0 Å². The normalized spacial score (nSPS) is 23.6. The summed E-state index contributed by atoms with van der Waals surface area (Å²) < 4.78 is 0. The fourth-order valence-electron chi connectivity index (χ4n) is 2.42. The zero-order valence-electron chi connectivity index (χ0n) is 10.5. The molecule has 0 saturated heterocycles. The van der Waals surface area contributed by atoms with Crippen LogP contribution in [0.15, 0.2) is 30.3 Å². The van der Waals surface area contributed by atoms with E-state index >= 15 is 0 Å². The van der Waals surface area contributed by atoms with Gasteiger partial charge in [0.15, 0.2) is 5.78 Å². The lowest BCUT2D eigenvalue weighted by Gasteiger charge is -2.26. The van der Waals surface area contributed by atoms with Crippen molar-refractivity contribution in [1.29, 1.82) is 0 Å². The van der Waals surface area contributed by atoms with Crippen molar-refractivity contribution in [3.8, 4) is 0 Å². The first-order chi connectivity index (χ1) is 8.79. The Morgan fingerprint density at radius 2 is 1.83 bits per heavy atom. The van der Waals surface area contributed by atoms with Gasteiger partial charge in [-0.3, -0.25) is 4.79 Å². The minimum atomic E-state index is 0.133. The second-order valence-corrected chi connectivity index (χ2v) is 4.92. The third-order valence-corrected chi connectivity index (χ3v) is 3.61. The number of nitrogens with one attached hydrogen (secondary N) is 1. The summed E-state index contributed by atoms with van der Waals surface area (Å²) in [6.45, 7) is 0.389. The van der Waals surface area contributed by atoms with E-state index in [0.717, 1.165) is 37.5 Å².